The van der Waals surface area contributed by atoms with Gasteiger partial charge in [0, 0.05) is 10.9 Å². The first kappa shape index (κ1) is 17.3. The van der Waals surface area contributed by atoms with Crippen molar-refractivity contribution >= 4 is 23.1 Å². The number of hydrazone groups is 1. The van der Waals surface area contributed by atoms with Crippen molar-refractivity contribution in [1.29, 1.82) is 0 Å². The van der Waals surface area contributed by atoms with Crippen LogP contribution in [0.15, 0.2) is 52.0 Å². The van der Waals surface area contributed by atoms with E-state index in [4.69, 9.17) is 13.9 Å². The van der Waals surface area contributed by atoms with Gasteiger partial charge in [-0.3, -0.25) is 4.79 Å². The minimum atomic E-state index is -0.502. The molecule has 1 aromatic heterocycles. The number of rotatable bonds is 6. The molecule has 3 aromatic rings. The molecular weight excluding hydrogens is 336 g/mol. The molecule has 7 heteroatoms. The highest BCUT2D eigenvalue weighted by molar-refractivity contribution is 5.97. The zero-order valence-electron chi connectivity index (χ0n) is 14.4. The SMILES string of the molecule is CCOc1ccc2oc(C(=O)N/N=C\c3cccc(OC)c3O)cc2c1. The number of nitrogens with one attached hydrogen (secondary N) is 1. The number of furan rings is 1. The monoisotopic (exact) mass is 354 g/mol. The predicted molar refractivity (Wildman–Crippen MR) is 97.1 cm³/mol. The zero-order valence-corrected chi connectivity index (χ0v) is 14.4. The van der Waals surface area contributed by atoms with Gasteiger partial charge in [0.1, 0.15) is 11.3 Å². The highest BCUT2D eigenvalue weighted by Gasteiger charge is 2.12. The normalized spacial score (nSPS) is 11.0. The van der Waals surface area contributed by atoms with Gasteiger partial charge in [-0.2, -0.15) is 5.10 Å². The maximum absolute atomic E-state index is 12.2. The van der Waals surface area contributed by atoms with Crippen LogP contribution in [0, 0.1) is 0 Å². The van der Waals surface area contributed by atoms with Gasteiger partial charge in [-0.05, 0) is 43.3 Å². The summed E-state index contributed by atoms with van der Waals surface area (Å²) in [6, 6.07) is 11.9. The van der Waals surface area contributed by atoms with Gasteiger partial charge in [-0.15, -0.1) is 0 Å². The molecule has 1 heterocycles. The van der Waals surface area contributed by atoms with Crippen molar-refractivity contribution in [2.24, 2.45) is 5.10 Å². The lowest BCUT2D eigenvalue weighted by molar-refractivity contribution is 0.0929. The minimum absolute atomic E-state index is 0.0554. The first-order valence-corrected chi connectivity index (χ1v) is 7.98. The van der Waals surface area contributed by atoms with Crippen molar-refractivity contribution in [1.82, 2.24) is 5.43 Å². The van der Waals surface area contributed by atoms with E-state index in [-0.39, 0.29) is 11.5 Å². The largest absolute Gasteiger partial charge is 0.504 e. The molecule has 2 aromatic carbocycles. The fourth-order valence-corrected chi connectivity index (χ4v) is 2.41. The summed E-state index contributed by atoms with van der Waals surface area (Å²) in [5.74, 6) is 0.598. The second-order valence-corrected chi connectivity index (χ2v) is 5.34. The molecule has 2 N–H and O–H groups in total. The molecule has 134 valence electrons. The molecule has 0 atom stereocenters. The number of carbonyl (C=O) groups is 1. The number of fused-ring (bicyclic) bond motifs is 1. The van der Waals surface area contributed by atoms with Crippen LogP contribution in [0.3, 0.4) is 0 Å². The van der Waals surface area contributed by atoms with Gasteiger partial charge in [0.05, 0.1) is 19.9 Å². The molecule has 0 fully saturated rings. The van der Waals surface area contributed by atoms with Crippen LogP contribution in [0.25, 0.3) is 11.0 Å². The summed E-state index contributed by atoms with van der Waals surface area (Å²) in [5.41, 5.74) is 3.36. The number of phenols is 1. The molecule has 0 radical (unpaired) electrons. The molecule has 3 rings (SSSR count). The van der Waals surface area contributed by atoms with Crippen molar-refractivity contribution in [2.75, 3.05) is 13.7 Å². The molecule has 0 saturated carbocycles. The Morgan fingerprint density at radius 1 is 1.31 bits per heavy atom. The van der Waals surface area contributed by atoms with Crippen LogP contribution in [-0.4, -0.2) is 30.9 Å². The third-order valence-corrected chi connectivity index (χ3v) is 3.64. The highest BCUT2D eigenvalue weighted by atomic mass is 16.5. The lowest BCUT2D eigenvalue weighted by Gasteiger charge is -2.04. The van der Waals surface area contributed by atoms with Gasteiger partial charge in [-0.25, -0.2) is 5.43 Å². The van der Waals surface area contributed by atoms with E-state index in [2.05, 4.69) is 10.5 Å². The fraction of sp³-hybridized carbons (Fsp3) is 0.158. The Morgan fingerprint density at radius 2 is 2.15 bits per heavy atom. The quantitative estimate of drug-likeness (QED) is 0.523. The second kappa shape index (κ2) is 7.60. The number of nitrogens with zero attached hydrogens (tertiary/aromatic N) is 1. The summed E-state index contributed by atoms with van der Waals surface area (Å²) in [6.45, 7) is 2.46. The average Bonchev–Trinajstić information content (AvgIpc) is 3.07. The molecule has 0 unspecified atom stereocenters. The second-order valence-electron chi connectivity index (χ2n) is 5.34. The summed E-state index contributed by atoms with van der Waals surface area (Å²) in [7, 11) is 1.45. The molecule has 0 aliphatic carbocycles. The van der Waals surface area contributed by atoms with E-state index in [1.165, 1.54) is 13.3 Å². The van der Waals surface area contributed by atoms with E-state index in [0.29, 0.717) is 29.3 Å². The molecule has 0 bridgehead atoms. The van der Waals surface area contributed by atoms with Crippen molar-refractivity contribution in [3.05, 3.63) is 53.8 Å². The van der Waals surface area contributed by atoms with Crippen LogP contribution in [0.4, 0.5) is 0 Å². The Morgan fingerprint density at radius 3 is 2.92 bits per heavy atom. The van der Waals surface area contributed by atoms with E-state index < -0.39 is 5.91 Å². The van der Waals surface area contributed by atoms with Crippen LogP contribution < -0.4 is 14.9 Å². The predicted octanol–water partition coefficient (Wildman–Crippen LogP) is 3.31. The topological polar surface area (TPSA) is 93.3 Å². The zero-order chi connectivity index (χ0) is 18.5. The highest BCUT2D eigenvalue weighted by Crippen LogP contribution is 2.28. The number of hydrogen-bond donors (Lipinski definition) is 2. The van der Waals surface area contributed by atoms with Crippen LogP contribution in [0.2, 0.25) is 0 Å². The lowest BCUT2D eigenvalue weighted by atomic mass is 10.2. The van der Waals surface area contributed by atoms with Gasteiger partial charge in [0.15, 0.2) is 17.3 Å². The summed E-state index contributed by atoms with van der Waals surface area (Å²) < 4.78 is 16.0. The smallest absolute Gasteiger partial charge is 0.307 e. The maximum atomic E-state index is 12.2. The lowest BCUT2D eigenvalue weighted by Crippen LogP contribution is -2.16. The van der Waals surface area contributed by atoms with Crippen LogP contribution in [0.5, 0.6) is 17.2 Å². The van der Waals surface area contributed by atoms with Gasteiger partial charge in [0.25, 0.3) is 0 Å². The van der Waals surface area contributed by atoms with Crippen LogP contribution in [0.1, 0.15) is 23.0 Å². The molecular formula is C19H18N2O5. The Kier molecular flexibility index (Phi) is 5.07. The van der Waals surface area contributed by atoms with Gasteiger partial charge < -0.3 is 19.0 Å². The van der Waals surface area contributed by atoms with Crippen LogP contribution in [-0.2, 0) is 0 Å². The Hall–Kier alpha value is -3.48. The first-order chi connectivity index (χ1) is 12.6. The van der Waals surface area contributed by atoms with Gasteiger partial charge in [0.2, 0.25) is 0 Å². The third-order valence-electron chi connectivity index (χ3n) is 3.64. The number of carbonyl (C=O) groups excluding carboxylic acids is 1. The number of methoxy groups -OCH3 is 1. The van der Waals surface area contributed by atoms with E-state index >= 15 is 0 Å². The fourth-order valence-electron chi connectivity index (χ4n) is 2.41. The van der Waals surface area contributed by atoms with E-state index in [1.807, 2.05) is 6.92 Å². The third kappa shape index (κ3) is 3.61. The number of ether oxygens (including phenoxy) is 2. The summed E-state index contributed by atoms with van der Waals surface area (Å²) in [5, 5.41) is 14.6. The van der Waals surface area contributed by atoms with Gasteiger partial charge in [-0.1, -0.05) is 6.07 Å². The molecule has 0 aliphatic heterocycles. The number of para-hydroxylation sites is 1. The molecule has 0 aliphatic rings. The number of phenolic OH excluding ortho intramolecular Hbond substituents is 1. The van der Waals surface area contributed by atoms with Crippen LogP contribution >= 0.6 is 0 Å². The van der Waals surface area contributed by atoms with Crippen molar-refractivity contribution in [2.45, 2.75) is 6.92 Å². The molecule has 7 nitrogen and oxygen atoms in total. The summed E-state index contributed by atoms with van der Waals surface area (Å²) in [6.07, 6.45) is 1.33. The van der Waals surface area contributed by atoms with Gasteiger partial charge >= 0.3 is 5.91 Å². The first-order valence-electron chi connectivity index (χ1n) is 7.98. The molecule has 0 saturated heterocycles. The van der Waals surface area contributed by atoms with E-state index in [9.17, 15) is 9.90 Å². The average molecular weight is 354 g/mol. The number of amides is 1. The summed E-state index contributed by atoms with van der Waals surface area (Å²) in [4.78, 5) is 12.2. The molecule has 1 amide bonds. The summed E-state index contributed by atoms with van der Waals surface area (Å²) >= 11 is 0. The van der Waals surface area contributed by atoms with Crippen molar-refractivity contribution < 1.29 is 23.8 Å². The van der Waals surface area contributed by atoms with Crippen molar-refractivity contribution in [3.63, 3.8) is 0 Å². The minimum Gasteiger partial charge on any atom is -0.504 e. The van der Waals surface area contributed by atoms with E-state index in [1.54, 1.807) is 42.5 Å². The molecule has 0 spiro atoms. The maximum Gasteiger partial charge on any atom is 0.307 e. The van der Waals surface area contributed by atoms with E-state index in [0.717, 1.165) is 5.39 Å². The number of benzene rings is 2. The number of hydrogen-bond acceptors (Lipinski definition) is 6. The Balaban J connectivity index is 1.73. The Bertz CT molecular complexity index is 962. The molecule has 26 heavy (non-hydrogen) atoms. The number of aromatic hydroxyl groups is 1. The Labute approximate surface area is 149 Å². The van der Waals surface area contributed by atoms with Crippen molar-refractivity contribution in [3.8, 4) is 17.2 Å². The standard InChI is InChI=1S/C19H18N2O5/c1-3-25-14-7-8-15-13(9-14)10-17(26-15)19(23)21-20-11-12-5-4-6-16(24-2)18(12)22/h4-11,22H,3H2,1-2H3,(H,21,23)/b20-11-.